The highest BCUT2D eigenvalue weighted by molar-refractivity contribution is 7.78. The minimum absolute atomic E-state index is 0.114. The zero-order chi connectivity index (χ0) is 39.0. The van der Waals surface area contributed by atoms with Gasteiger partial charge in [-0.2, -0.15) is 0 Å². The predicted molar refractivity (Wildman–Crippen MR) is 202 cm³/mol. The molecule has 6 N–H and O–H groups in total. The maximum Gasteiger partial charge on any atom is 0.315 e. The van der Waals surface area contributed by atoms with E-state index in [0.29, 0.717) is 26.0 Å². The van der Waals surface area contributed by atoms with E-state index < -0.39 is 23.8 Å². The van der Waals surface area contributed by atoms with Gasteiger partial charge in [-0.05, 0) is 57.0 Å². The Labute approximate surface area is 302 Å². The van der Waals surface area contributed by atoms with Crippen LogP contribution in [0.3, 0.4) is 0 Å². The zero-order valence-electron chi connectivity index (χ0n) is 32.8. The van der Waals surface area contributed by atoms with Gasteiger partial charge in [0.15, 0.2) is 0 Å². The molecule has 0 spiro atoms. The minimum Gasteiger partial charge on any atom is -0.363 e. The summed E-state index contributed by atoms with van der Waals surface area (Å²) in [6, 6.07) is -1.05. The Morgan fingerprint density at radius 1 is 0.959 bits per heavy atom. The number of likely N-dealkylation sites (tertiary alicyclic amines) is 1. The first-order valence-electron chi connectivity index (χ1n) is 17.5. The predicted octanol–water partition coefficient (Wildman–Crippen LogP) is 3.71. The second-order valence-corrected chi connectivity index (χ2v) is 15.1. The first-order chi connectivity index (χ1) is 22.6. The highest BCUT2D eigenvalue weighted by atomic mass is 32.1. The maximum absolute atomic E-state index is 12.3. The van der Waals surface area contributed by atoms with Crippen LogP contribution >= 0.6 is 12.8 Å². The van der Waals surface area contributed by atoms with Crippen LogP contribution in [-0.2, 0) is 24.0 Å². The summed E-state index contributed by atoms with van der Waals surface area (Å²) in [6.07, 6.45) is 8.35. The number of carbonyl (C=O) groups is 6. The van der Waals surface area contributed by atoms with Gasteiger partial charge in [-0.15, -0.1) is 0 Å². The third kappa shape index (κ3) is 25.9. The van der Waals surface area contributed by atoms with E-state index in [2.05, 4.69) is 65.6 Å². The molecule has 2 fully saturated rings. The van der Waals surface area contributed by atoms with Crippen molar-refractivity contribution in [3.8, 4) is 0 Å². The SMILES string of the molecule is CC.CC(=O)N(S)CCNCC(NC(=O)N[C@H](C=O)C(C)(C)C)C(C)(C)C.CC(NC=O)C(=O)C(N)=O.CC1CCC1.CC1CCCN1C. The number of nitrogens with two attached hydrogens (primary N) is 1. The van der Waals surface area contributed by atoms with Crippen LogP contribution in [0, 0.1) is 16.7 Å². The van der Waals surface area contributed by atoms with Gasteiger partial charge < -0.3 is 36.7 Å². The molecule has 1 saturated carbocycles. The van der Waals surface area contributed by atoms with Gasteiger partial charge in [-0.1, -0.05) is 94.4 Å². The molecule has 4 atom stereocenters. The molecule has 0 aromatic heterocycles. The summed E-state index contributed by atoms with van der Waals surface area (Å²) < 4.78 is 1.33. The lowest BCUT2D eigenvalue weighted by atomic mass is 9.86. The molecule has 1 aliphatic carbocycles. The molecule has 13 nitrogen and oxygen atoms in total. The van der Waals surface area contributed by atoms with Gasteiger partial charge in [0.2, 0.25) is 18.1 Å². The molecule has 0 aromatic carbocycles. The van der Waals surface area contributed by atoms with E-state index in [1.165, 1.54) is 56.8 Å². The fraction of sp³-hybridized carbons (Fsp3) is 0.829. The summed E-state index contributed by atoms with van der Waals surface area (Å²) in [5.41, 5.74) is 4.10. The summed E-state index contributed by atoms with van der Waals surface area (Å²) in [5.74, 6) is -0.888. The Kier molecular flexibility index (Phi) is 28.0. The topological polar surface area (TPSA) is 183 Å². The van der Waals surface area contributed by atoms with Gasteiger partial charge in [0, 0.05) is 38.6 Å². The van der Waals surface area contributed by atoms with Crippen molar-refractivity contribution in [3.05, 3.63) is 0 Å². The lowest BCUT2D eigenvalue weighted by molar-refractivity contribution is -0.137. The minimum atomic E-state index is -1.04. The molecule has 1 saturated heterocycles. The first kappa shape index (κ1) is 50.7. The number of thiol groups is 1. The van der Waals surface area contributed by atoms with Gasteiger partial charge in [0.25, 0.3) is 5.91 Å². The zero-order valence-corrected chi connectivity index (χ0v) is 33.7. The van der Waals surface area contributed by atoms with E-state index >= 15 is 0 Å². The average molecular weight is 718 g/mol. The van der Waals surface area contributed by atoms with Crippen molar-refractivity contribution >= 4 is 49.1 Å². The van der Waals surface area contributed by atoms with Crippen LogP contribution in [0.2, 0.25) is 0 Å². The quantitative estimate of drug-likeness (QED) is 0.0765. The van der Waals surface area contributed by atoms with E-state index in [1.807, 2.05) is 55.4 Å². The van der Waals surface area contributed by atoms with Crippen LogP contribution in [0.5, 0.6) is 0 Å². The molecule has 288 valence electrons. The second kappa shape index (κ2) is 27.1. The summed E-state index contributed by atoms with van der Waals surface area (Å²) in [5, 5.41) is 11.0. The van der Waals surface area contributed by atoms with Crippen molar-refractivity contribution in [2.75, 3.05) is 33.2 Å². The molecule has 0 bridgehead atoms. The number of aldehydes is 1. The second-order valence-electron chi connectivity index (χ2n) is 14.6. The van der Waals surface area contributed by atoms with Crippen LogP contribution in [-0.4, -0.2) is 103 Å². The fourth-order valence-corrected chi connectivity index (χ4v) is 4.14. The molecule has 0 aromatic rings. The number of nitrogens with one attached hydrogen (secondary N) is 4. The number of amides is 5. The standard InChI is InChI=1S/C17H34N4O3S.C6H13N.C5H8N2O3.C5H10.C2H6/c1-12(23)21(25)9-8-18-10-13(16(2,3)4)19-15(24)20-14(11-22)17(5,6)7;1-6-4-3-5-7(6)2;1-3(7-2-8)4(9)5(6)10;1-5-3-2-4-5;1-2/h11,13-14,18,25H,8-10H2,1-7H3,(H2,19,20,24);6H,3-5H2,1-2H3;2-3H,1H3,(H2,6,10)(H,7,8);5H,2-4H2,1H3;1-2H3/t13?,14-;;;;/m1..../s1. The van der Waals surface area contributed by atoms with Crippen LogP contribution in [0.25, 0.3) is 0 Å². The van der Waals surface area contributed by atoms with Crippen molar-refractivity contribution in [1.29, 1.82) is 0 Å². The number of urea groups is 1. The number of Topliss-reactive ketones (excluding diaryl/α,β-unsaturated/α-hetero) is 1. The van der Waals surface area contributed by atoms with Gasteiger partial charge in [-0.3, -0.25) is 23.5 Å². The lowest BCUT2D eigenvalue weighted by Gasteiger charge is -2.33. The van der Waals surface area contributed by atoms with Crippen molar-refractivity contribution in [2.24, 2.45) is 22.5 Å². The van der Waals surface area contributed by atoms with E-state index in [-0.39, 0.29) is 28.8 Å². The Morgan fingerprint density at radius 3 is 1.78 bits per heavy atom. The van der Waals surface area contributed by atoms with E-state index in [4.69, 9.17) is 0 Å². The Balaban J connectivity index is -0.000000705. The van der Waals surface area contributed by atoms with E-state index in [0.717, 1.165) is 18.2 Å². The number of hydrogen-bond acceptors (Lipinski definition) is 9. The first-order valence-corrected chi connectivity index (χ1v) is 17.9. The third-order valence-corrected chi connectivity index (χ3v) is 8.63. The number of hydrogen-bond donors (Lipinski definition) is 6. The molecule has 1 aliphatic heterocycles. The Hall–Kier alpha value is -2.71. The molecule has 14 heteroatoms. The third-order valence-electron chi connectivity index (χ3n) is 8.15. The summed E-state index contributed by atoms with van der Waals surface area (Å²) >= 11 is 4.07. The summed E-state index contributed by atoms with van der Waals surface area (Å²) in [4.78, 5) is 67.4. The van der Waals surface area contributed by atoms with Gasteiger partial charge in [0.1, 0.15) is 6.29 Å². The smallest absolute Gasteiger partial charge is 0.315 e. The van der Waals surface area contributed by atoms with Crippen molar-refractivity contribution < 1.29 is 28.8 Å². The van der Waals surface area contributed by atoms with Gasteiger partial charge >= 0.3 is 6.03 Å². The van der Waals surface area contributed by atoms with E-state index in [1.54, 1.807) is 0 Å². The lowest BCUT2D eigenvalue weighted by Crippen LogP contribution is -2.56. The molecular formula is C35H71N7O6S. The molecule has 2 rings (SSSR count). The van der Waals surface area contributed by atoms with Crippen LogP contribution in [0.15, 0.2) is 0 Å². The molecular weight excluding hydrogens is 646 g/mol. The average Bonchev–Trinajstić information content (AvgIpc) is 3.38. The molecule has 0 radical (unpaired) electrons. The van der Waals surface area contributed by atoms with Crippen molar-refractivity contribution in [1.82, 2.24) is 30.5 Å². The largest absolute Gasteiger partial charge is 0.363 e. The molecule has 49 heavy (non-hydrogen) atoms. The number of nitrogens with zero attached hydrogens (tertiary/aromatic N) is 2. The highest BCUT2D eigenvalue weighted by Gasteiger charge is 2.29. The van der Waals surface area contributed by atoms with E-state index in [9.17, 15) is 28.8 Å². The molecule has 5 amide bonds. The summed E-state index contributed by atoms with van der Waals surface area (Å²) in [7, 11) is 2.19. The van der Waals surface area contributed by atoms with Crippen LogP contribution < -0.4 is 27.0 Å². The number of rotatable bonds is 12. The highest BCUT2D eigenvalue weighted by Crippen LogP contribution is 2.24. The van der Waals surface area contributed by atoms with Gasteiger partial charge in [0.05, 0.1) is 12.1 Å². The maximum atomic E-state index is 12.3. The molecule has 2 aliphatic rings. The monoisotopic (exact) mass is 718 g/mol. The molecule has 1 heterocycles. The Bertz CT molecular complexity index is 959. The number of primary amides is 1. The van der Waals surface area contributed by atoms with Crippen LogP contribution in [0.4, 0.5) is 4.79 Å². The van der Waals surface area contributed by atoms with Crippen LogP contribution in [0.1, 0.15) is 115 Å². The number of carbonyl (C=O) groups excluding carboxylic acids is 6. The number of ketones is 1. The molecule has 3 unspecified atom stereocenters. The van der Waals surface area contributed by atoms with Crippen molar-refractivity contribution in [2.45, 2.75) is 139 Å². The van der Waals surface area contributed by atoms with Crippen molar-refractivity contribution in [3.63, 3.8) is 0 Å². The van der Waals surface area contributed by atoms with Gasteiger partial charge in [-0.25, -0.2) is 4.79 Å². The summed E-state index contributed by atoms with van der Waals surface area (Å²) in [6.45, 7) is 26.1. The normalized spacial score (nSPS) is 17.4. The fourth-order valence-electron chi connectivity index (χ4n) is 4.04. The Morgan fingerprint density at radius 2 is 1.49 bits per heavy atom.